The Balaban J connectivity index is 0.000000862. The fraction of sp³-hybridized carbons (Fsp3) is 0.478. The highest BCUT2D eigenvalue weighted by Gasteiger charge is 2.83. The largest absolute Gasteiger partial charge is 0.457 e. The Morgan fingerprint density at radius 2 is 0.870 bits per heavy atom. The van der Waals surface area contributed by atoms with Crippen LogP contribution in [-0.4, -0.2) is 49.1 Å². The Labute approximate surface area is 261 Å². The molecule has 266 valence electrons. The lowest BCUT2D eigenvalue weighted by Gasteiger charge is -2.36. The van der Waals surface area contributed by atoms with E-state index >= 15 is 0 Å². The van der Waals surface area contributed by atoms with Crippen LogP contribution >= 0.6 is 35.1 Å². The van der Waals surface area contributed by atoms with Crippen molar-refractivity contribution in [3.05, 3.63) is 46.5 Å². The van der Waals surface area contributed by atoms with E-state index in [1.807, 2.05) is 0 Å². The summed E-state index contributed by atoms with van der Waals surface area (Å²) in [7, 11) is 0. The Bertz CT molecular complexity index is 1360. The van der Waals surface area contributed by atoms with Gasteiger partial charge in [-0.25, -0.2) is 8.78 Å². The Kier molecular flexibility index (Phi) is 13.0. The summed E-state index contributed by atoms with van der Waals surface area (Å²) in [5, 5.41) is -0.781. The van der Waals surface area contributed by atoms with Crippen LogP contribution in [0, 0.1) is 0 Å². The number of anilines is 2. The Hall–Kier alpha value is -2.23. The molecule has 0 amide bonds. The lowest BCUT2D eigenvalue weighted by Crippen LogP contribution is -2.59. The molecule has 2 aromatic carbocycles. The molecule has 2 unspecified atom stereocenters. The molecule has 0 saturated heterocycles. The summed E-state index contributed by atoms with van der Waals surface area (Å²) in [5.41, 5.74) is -5.73. The number of nitrogen functional groups attached to an aromatic ring is 2. The smallest absolute Gasteiger partial charge is 0.398 e. The first-order chi connectivity index (χ1) is 19.8. The summed E-state index contributed by atoms with van der Waals surface area (Å²) in [6.07, 6.45) is -24.1. The highest BCUT2D eigenvalue weighted by Crippen LogP contribution is 2.60. The zero-order valence-electron chi connectivity index (χ0n) is 21.5. The van der Waals surface area contributed by atoms with Crippen molar-refractivity contribution in [1.82, 2.24) is 0 Å². The number of nitrogens with two attached hydrogens (primary N) is 2. The van der Waals surface area contributed by atoms with Crippen LogP contribution in [0.3, 0.4) is 0 Å². The standard InChI is InChI=1S/C11H7ClF9NS.C11H8F9NS.CH4/c1-23-6-3-4(2-5(12)7(6)22)8(13,10(16,17)18)9(14,15)11(19,20)21;1-22-7-4-5(2-3-6(7)21)8(12,10(15,16)17)9(13,14)11(18,19)20;/h2-3H,22H2,1H3;2-4H,21H2,1H3;1H4. The summed E-state index contributed by atoms with van der Waals surface area (Å²) in [6, 6.07) is 1.19. The van der Waals surface area contributed by atoms with Crippen LogP contribution in [0.4, 0.5) is 90.4 Å². The van der Waals surface area contributed by atoms with Gasteiger partial charge in [0.25, 0.3) is 0 Å². The average molecular weight is 765 g/mol. The molecule has 46 heavy (non-hydrogen) atoms. The van der Waals surface area contributed by atoms with Gasteiger partial charge in [0.1, 0.15) is 0 Å². The molecule has 2 nitrogen and oxygen atoms in total. The molecule has 0 radical (unpaired) electrons. The molecule has 0 aliphatic carbocycles. The van der Waals surface area contributed by atoms with Gasteiger partial charge in [-0.05, 0) is 36.8 Å². The fourth-order valence-corrected chi connectivity index (χ4v) is 4.72. The van der Waals surface area contributed by atoms with Crippen LogP contribution in [0.1, 0.15) is 18.6 Å². The highest BCUT2D eigenvalue weighted by atomic mass is 35.5. The van der Waals surface area contributed by atoms with Crippen molar-refractivity contribution in [2.75, 3.05) is 24.0 Å². The van der Waals surface area contributed by atoms with Gasteiger partial charge in [0.2, 0.25) is 0 Å². The van der Waals surface area contributed by atoms with Gasteiger partial charge in [-0.15, -0.1) is 23.5 Å². The average Bonchev–Trinajstić information content (AvgIpc) is 2.86. The second-order valence-corrected chi connectivity index (χ2v) is 10.6. The van der Waals surface area contributed by atoms with E-state index in [1.54, 1.807) is 0 Å². The molecule has 2 rings (SSSR count). The molecule has 0 saturated carbocycles. The van der Waals surface area contributed by atoms with Gasteiger partial charge < -0.3 is 11.5 Å². The van der Waals surface area contributed by atoms with Crippen molar-refractivity contribution in [2.24, 2.45) is 0 Å². The third-order valence-corrected chi connectivity index (χ3v) is 7.58. The van der Waals surface area contributed by atoms with E-state index in [9.17, 15) is 79.0 Å². The minimum absolute atomic E-state index is 0. The van der Waals surface area contributed by atoms with Crippen molar-refractivity contribution < 1.29 is 79.0 Å². The number of alkyl halides is 18. The lowest BCUT2D eigenvalue weighted by atomic mass is 9.87. The summed E-state index contributed by atoms with van der Waals surface area (Å²) in [6.45, 7) is 0. The summed E-state index contributed by atoms with van der Waals surface area (Å²) in [5.74, 6) is -13.4. The molecule has 0 spiro atoms. The lowest BCUT2D eigenvalue weighted by molar-refractivity contribution is -0.389. The SMILES string of the molecule is C.CSc1cc(C(F)(C(F)(F)F)C(F)(F)C(F)(F)F)cc(Cl)c1N.CSc1cc(C(F)(C(F)(F)F)C(F)(F)C(F)(F)F)ccc1N. The van der Waals surface area contributed by atoms with Gasteiger partial charge in [-0.1, -0.05) is 25.1 Å². The van der Waals surface area contributed by atoms with Crippen LogP contribution in [0.2, 0.25) is 5.02 Å². The van der Waals surface area contributed by atoms with Crippen molar-refractivity contribution in [1.29, 1.82) is 0 Å². The number of hydrogen-bond donors (Lipinski definition) is 2. The molecule has 0 aliphatic rings. The molecule has 0 bridgehead atoms. The molecule has 0 heterocycles. The zero-order valence-corrected chi connectivity index (χ0v) is 23.9. The summed E-state index contributed by atoms with van der Waals surface area (Å²) in [4.78, 5) is -0.640. The second-order valence-electron chi connectivity index (χ2n) is 8.49. The second kappa shape index (κ2) is 13.7. The van der Waals surface area contributed by atoms with E-state index in [-0.39, 0.29) is 52.9 Å². The molecule has 23 heteroatoms. The molecular weight excluding hydrogens is 746 g/mol. The molecule has 0 fully saturated rings. The first-order valence-corrected chi connectivity index (χ1v) is 13.6. The van der Waals surface area contributed by atoms with Crippen LogP contribution < -0.4 is 11.5 Å². The molecule has 2 aromatic rings. The normalized spacial score (nSPS) is 16.0. The zero-order chi connectivity index (χ0) is 36.0. The van der Waals surface area contributed by atoms with E-state index in [1.165, 1.54) is 12.5 Å². The number of thioether (sulfide) groups is 2. The van der Waals surface area contributed by atoms with Crippen LogP contribution in [-0.2, 0) is 11.3 Å². The van der Waals surface area contributed by atoms with Gasteiger partial charge in [-0.2, -0.15) is 70.2 Å². The maximum absolute atomic E-state index is 14.2. The van der Waals surface area contributed by atoms with Crippen LogP contribution in [0.25, 0.3) is 0 Å². The van der Waals surface area contributed by atoms with E-state index in [0.29, 0.717) is 29.6 Å². The minimum atomic E-state index is -6.79. The maximum atomic E-state index is 14.2. The van der Waals surface area contributed by atoms with E-state index < -0.39 is 64.0 Å². The monoisotopic (exact) mass is 764 g/mol. The van der Waals surface area contributed by atoms with Gasteiger partial charge in [0, 0.05) is 26.6 Å². The van der Waals surface area contributed by atoms with E-state index in [2.05, 4.69) is 0 Å². The maximum Gasteiger partial charge on any atom is 0.457 e. The predicted molar refractivity (Wildman–Crippen MR) is 137 cm³/mol. The number of benzene rings is 2. The predicted octanol–water partition coefficient (Wildman–Crippen LogP) is 11.1. The third-order valence-electron chi connectivity index (χ3n) is 5.70. The van der Waals surface area contributed by atoms with Crippen molar-refractivity contribution in [2.45, 2.75) is 65.1 Å². The third kappa shape index (κ3) is 7.41. The summed E-state index contributed by atoms with van der Waals surface area (Å²) < 4.78 is 232. The van der Waals surface area contributed by atoms with Crippen molar-refractivity contribution >= 4 is 46.5 Å². The van der Waals surface area contributed by atoms with E-state index in [4.69, 9.17) is 23.1 Å². The minimum Gasteiger partial charge on any atom is -0.398 e. The topological polar surface area (TPSA) is 52.0 Å². The van der Waals surface area contributed by atoms with Gasteiger partial charge in [0.05, 0.1) is 10.7 Å². The first kappa shape index (κ1) is 43.8. The molecule has 0 aromatic heterocycles. The van der Waals surface area contributed by atoms with Crippen LogP contribution in [0.5, 0.6) is 0 Å². The molecule has 2 atom stereocenters. The van der Waals surface area contributed by atoms with Gasteiger partial charge >= 0.3 is 47.9 Å². The van der Waals surface area contributed by atoms with Gasteiger partial charge in [0.15, 0.2) is 0 Å². The number of rotatable bonds is 6. The van der Waals surface area contributed by atoms with Gasteiger partial charge in [-0.3, -0.25) is 0 Å². The highest BCUT2D eigenvalue weighted by molar-refractivity contribution is 7.99. The number of halogens is 19. The molecular formula is C23H19ClF18N2S2. The first-order valence-electron chi connectivity index (χ1n) is 10.8. The summed E-state index contributed by atoms with van der Waals surface area (Å²) >= 11 is 6.69. The quantitative estimate of drug-likeness (QED) is 0.175. The van der Waals surface area contributed by atoms with E-state index in [0.717, 1.165) is 0 Å². The Morgan fingerprint density at radius 3 is 1.20 bits per heavy atom. The van der Waals surface area contributed by atoms with Crippen molar-refractivity contribution in [3.8, 4) is 0 Å². The molecule has 0 aliphatic heterocycles. The molecule has 4 N–H and O–H groups in total. The Morgan fingerprint density at radius 1 is 0.522 bits per heavy atom. The van der Waals surface area contributed by atoms with Crippen LogP contribution in [0.15, 0.2) is 40.1 Å². The van der Waals surface area contributed by atoms with Crippen molar-refractivity contribution in [3.63, 3.8) is 0 Å². The fourth-order valence-electron chi connectivity index (χ4n) is 3.32. The number of hydrogen-bond acceptors (Lipinski definition) is 4.